The second-order valence-corrected chi connectivity index (χ2v) is 5.85. The molecule has 0 saturated heterocycles. The number of benzene rings is 2. The first-order valence-corrected chi connectivity index (χ1v) is 7.35. The smallest absolute Gasteiger partial charge is 0.172 e. The Morgan fingerprint density at radius 1 is 1.25 bits per heavy atom. The van der Waals surface area contributed by atoms with E-state index in [9.17, 15) is 0 Å². The Morgan fingerprint density at radius 3 is 2.55 bits per heavy atom. The molecule has 0 spiro atoms. The van der Waals surface area contributed by atoms with Crippen LogP contribution in [-0.4, -0.2) is 18.2 Å². The third kappa shape index (κ3) is 3.26. The van der Waals surface area contributed by atoms with E-state index in [1.165, 1.54) is 11.8 Å². The highest BCUT2D eigenvalue weighted by Gasteiger charge is 2.12. The normalized spacial score (nSPS) is 11.4. The molecule has 0 atom stereocenters. The molecular weight excluding hydrogens is 340 g/mol. The van der Waals surface area contributed by atoms with Crippen LogP contribution in [0.25, 0.3) is 0 Å². The SMILES string of the molecule is COc1ccc(Sc2cccc(Br)c2/C(N)=N/O)cc1. The van der Waals surface area contributed by atoms with E-state index in [2.05, 4.69) is 21.1 Å². The van der Waals surface area contributed by atoms with Gasteiger partial charge in [0, 0.05) is 19.8 Å². The first-order chi connectivity index (χ1) is 9.65. The zero-order valence-corrected chi connectivity index (χ0v) is 13.1. The van der Waals surface area contributed by atoms with Gasteiger partial charge in [0.15, 0.2) is 5.84 Å². The molecule has 0 saturated carbocycles. The van der Waals surface area contributed by atoms with Crippen molar-refractivity contribution in [2.75, 3.05) is 7.11 Å². The maximum absolute atomic E-state index is 8.89. The highest BCUT2D eigenvalue weighted by Crippen LogP contribution is 2.34. The van der Waals surface area contributed by atoms with Crippen molar-refractivity contribution in [2.45, 2.75) is 9.79 Å². The summed E-state index contributed by atoms with van der Waals surface area (Å²) in [6, 6.07) is 13.4. The largest absolute Gasteiger partial charge is 0.497 e. The molecule has 0 bridgehead atoms. The van der Waals surface area contributed by atoms with Crippen molar-refractivity contribution >= 4 is 33.5 Å². The van der Waals surface area contributed by atoms with Gasteiger partial charge in [-0.3, -0.25) is 0 Å². The maximum Gasteiger partial charge on any atom is 0.172 e. The molecular formula is C14H13BrN2O2S. The lowest BCUT2D eigenvalue weighted by Gasteiger charge is -2.10. The van der Waals surface area contributed by atoms with Crippen LogP contribution in [0.15, 0.2) is 61.9 Å². The van der Waals surface area contributed by atoms with Crippen LogP contribution in [0.3, 0.4) is 0 Å². The van der Waals surface area contributed by atoms with Gasteiger partial charge in [0.1, 0.15) is 5.75 Å². The summed E-state index contributed by atoms with van der Waals surface area (Å²) in [5.74, 6) is 0.883. The van der Waals surface area contributed by atoms with Gasteiger partial charge in [-0.25, -0.2) is 0 Å². The number of halogens is 1. The van der Waals surface area contributed by atoms with Gasteiger partial charge >= 0.3 is 0 Å². The summed E-state index contributed by atoms with van der Waals surface area (Å²) < 4.78 is 5.91. The summed E-state index contributed by atoms with van der Waals surface area (Å²) >= 11 is 4.95. The first kappa shape index (κ1) is 14.7. The molecule has 0 aromatic heterocycles. The Hall–Kier alpha value is -1.66. The zero-order chi connectivity index (χ0) is 14.5. The average Bonchev–Trinajstić information content (AvgIpc) is 2.47. The second kappa shape index (κ2) is 6.67. The molecule has 0 aliphatic rings. The van der Waals surface area contributed by atoms with Gasteiger partial charge in [0.05, 0.1) is 7.11 Å². The van der Waals surface area contributed by atoms with Gasteiger partial charge in [-0.1, -0.05) is 23.0 Å². The highest BCUT2D eigenvalue weighted by atomic mass is 79.9. The third-order valence-electron chi connectivity index (χ3n) is 2.63. The second-order valence-electron chi connectivity index (χ2n) is 3.88. The summed E-state index contributed by atoms with van der Waals surface area (Å²) in [5, 5.41) is 12.0. The number of hydrogen-bond donors (Lipinski definition) is 2. The lowest BCUT2D eigenvalue weighted by molar-refractivity contribution is 0.318. The van der Waals surface area contributed by atoms with Crippen LogP contribution in [-0.2, 0) is 0 Å². The molecule has 20 heavy (non-hydrogen) atoms. The number of rotatable bonds is 4. The Morgan fingerprint density at radius 2 is 1.95 bits per heavy atom. The third-order valence-corrected chi connectivity index (χ3v) is 4.36. The Bertz CT molecular complexity index is 630. The minimum atomic E-state index is 0.0773. The van der Waals surface area contributed by atoms with Crippen LogP contribution in [0.1, 0.15) is 5.56 Å². The van der Waals surface area contributed by atoms with Crippen LogP contribution in [0.4, 0.5) is 0 Å². The van der Waals surface area contributed by atoms with Crippen LogP contribution >= 0.6 is 27.7 Å². The Labute approximate surface area is 129 Å². The number of hydrogen-bond acceptors (Lipinski definition) is 4. The molecule has 0 unspecified atom stereocenters. The maximum atomic E-state index is 8.89. The average molecular weight is 353 g/mol. The van der Waals surface area contributed by atoms with Crippen molar-refractivity contribution in [2.24, 2.45) is 10.9 Å². The first-order valence-electron chi connectivity index (χ1n) is 5.74. The molecule has 0 fully saturated rings. The van der Waals surface area contributed by atoms with Gasteiger partial charge in [-0.15, -0.1) is 0 Å². The fraction of sp³-hybridized carbons (Fsp3) is 0.0714. The van der Waals surface area contributed by atoms with Gasteiger partial charge < -0.3 is 15.7 Å². The number of nitrogens with two attached hydrogens (primary N) is 1. The van der Waals surface area contributed by atoms with E-state index >= 15 is 0 Å². The standard InChI is InChI=1S/C14H13BrN2O2S/c1-19-9-5-7-10(8-6-9)20-12-4-2-3-11(15)13(12)14(16)17-18/h2-8,18H,1H3,(H2,16,17). The Balaban J connectivity index is 2.35. The molecule has 6 heteroatoms. The molecule has 2 rings (SSSR count). The van der Waals surface area contributed by atoms with Crippen LogP contribution in [0.2, 0.25) is 0 Å². The molecule has 0 amide bonds. The van der Waals surface area contributed by atoms with Crippen LogP contribution in [0, 0.1) is 0 Å². The molecule has 3 N–H and O–H groups in total. The molecule has 4 nitrogen and oxygen atoms in total. The number of amidine groups is 1. The molecule has 0 heterocycles. The van der Waals surface area contributed by atoms with Gasteiger partial charge in [-0.05, 0) is 52.3 Å². The van der Waals surface area contributed by atoms with Crippen molar-refractivity contribution in [3.05, 3.63) is 52.5 Å². The van der Waals surface area contributed by atoms with E-state index in [4.69, 9.17) is 15.7 Å². The number of oxime groups is 1. The van der Waals surface area contributed by atoms with Crippen molar-refractivity contribution in [1.29, 1.82) is 0 Å². The van der Waals surface area contributed by atoms with Gasteiger partial charge in [0.2, 0.25) is 0 Å². The molecule has 0 aliphatic heterocycles. The predicted octanol–water partition coefficient (Wildman–Crippen LogP) is 3.70. The lowest BCUT2D eigenvalue weighted by atomic mass is 10.2. The summed E-state index contributed by atoms with van der Waals surface area (Å²) in [7, 11) is 1.63. The molecule has 0 radical (unpaired) electrons. The van der Waals surface area contributed by atoms with Crippen molar-refractivity contribution < 1.29 is 9.94 Å². The summed E-state index contributed by atoms with van der Waals surface area (Å²) in [4.78, 5) is 1.94. The van der Waals surface area contributed by atoms with E-state index in [0.717, 1.165) is 20.0 Å². The monoisotopic (exact) mass is 352 g/mol. The van der Waals surface area contributed by atoms with Crippen molar-refractivity contribution in [3.63, 3.8) is 0 Å². The topological polar surface area (TPSA) is 67.8 Å². The molecule has 2 aromatic rings. The lowest BCUT2D eigenvalue weighted by Crippen LogP contribution is -2.15. The number of nitrogens with zero attached hydrogens (tertiary/aromatic N) is 1. The fourth-order valence-corrected chi connectivity index (χ4v) is 3.35. The summed E-state index contributed by atoms with van der Waals surface area (Å²) in [6.07, 6.45) is 0. The van der Waals surface area contributed by atoms with Gasteiger partial charge in [-0.2, -0.15) is 0 Å². The van der Waals surface area contributed by atoms with Crippen LogP contribution in [0.5, 0.6) is 5.75 Å². The van der Waals surface area contributed by atoms with E-state index < -0.39 is 0 Å². The van der Waals surface area contributed by atoms with Gasteiger partial charge in [0.25, 0.3) is 0 Å². The summed E-state index contributed by atoms with van der Waals surface area (Å²) in [5.41, 5.74) is 6.41. The molecule has 0 aliphatic carbocycles. The molecule has 2 aromatic carbocycles. The van der Waals surface area contributed by atoms with E-state index in [1.807, 2.05) is 42.5 Å². The zero-order valence-electron chi connectivity index (χ0n) is 10.7. The van der Waals surface area contributed by atoms with E-state index in [0.29, 0.717) is 5.56 Å². The predicted molar refractivity (Wildman–Crippen MR) is 83.8 cm³/mol. The fourth-order valence-electron chi connectivity index (χ4n) is 1.66. The van der Waals surface area contributed by atoms with Crippen LogP contribution < -0.4 is 10.5 Å². The molecule has 104 valence electrons. The highest BCUT2D eigenvalue weighted by molar-refractivity contribution is 9.10. The minimum absolute atomic E-state index is 0.0773. The van der Waals surface area contributed by atoms with Crippen molar-refractivity contribution in [3.8, 4) is 5.75 Å². The Kier molecular flexibility index (Phi) is 4.92. The minimum Gasteiger partial charge on any atom is -0.497 e. The summed E-state index contributed by atoms with van der Waals surface area (Å²) in [6.45, 7) is 0. The number of methoxy groups -OCH3 is 1. The quantitative estimate of drug-likeness (QED) is 0.381. The van der Waals surface area contributed by atoms with E-state index in [-0.39, 0.29) is 5.84 Å². The van der Waals surface area contributed by atoms with E-state index in [1.54, 1.807) is 7.11 Å². The van der Waals surface area contributed by atoms with Crippen molar-refractivity contribution in [1.82, 2.24) is 0 Å². The number of ether oxygens (including phenoxy) is 1.